The summed E-state index contributed by atoms with van der Waals surface area (Å²) in [6, 6.07) is 4.46. The molecule has 0 saturated heterocycles. The van der Waals surface area contributed by atoms with E-state index in [2.05, 4.69) is 29.9 Å². The van der Waals surface area contributed by atoms with Gasteiger partial charge < -0.3 is 5.32 Å². The zero-order valence-corrected chi connectivity index (χ0v) is 8.96. The number of nitrogens with one attached hydrogen (secondary N) is 1. The molecule has 76 valence electrons. The minimum Gasteiger partial charge on any atom is -0.310 e. The van der Waals surface area contributed by atoms with Crippen molar-refractivity contribution >= 4 is 0 Å². The summed E-state index contributed by atoms with van der Waals surface area (Å²) in [7, 11) is 0. The Balaban J connectivity index is 2.86. The molecule has 1 heterocycles. The highest BCUT2D eigenvalue weighted by Gasteiger charge is 2.10. The van der Waals surface area contributed by atoms with Gasteiger partial charge in [0.1, 0.15) is 0 Å². The van der Waals surface area contributed by atoms with Gasteiger partial charge in [-0.05, 0) is 31.5 Å². The highest BCUT2D eigenvalue weighted by atomic mass is 14.9. The lowest BCUT2D eigenvalue weighted by atomic mass is 10.0. The summed E-state index contributed by atoms with van der Waals surface area (Å²) < 4.78 is 0. The summed E-state index contributed by atoms with van der Waals surface area (Å²) >= 11 is 0. The van der Waals surface area contributed by atoms with Crippen LogP contribution in [0.2, 0.25) is 0 Å². The van der Waals surface area contributed by atoms with Crippen LogP contribution in [-0.2, 0) is 0 Å². The van der Waals surface area contributed by atoms with Gasteiger partial charge in [-0.3, -0.25) is 4.98 Å². The van der Waals surface area contributed by atoms with Crippen LogP contribution < -0.4 is 5.32 Å². The highest BCUT2D eigenvalue weighted by Crippen LogP contribution is 2.18. The summed E-state index contributed by atoms with van der Waals surface area (Å²) in [5.74, 6) is 0. The van der Waals surface area contributed by atoms with Gasteiger partial charge in [0.2, 0.25) is 0 Å². The smallest absolute Gasteiger partial charge is 0.0420 e. The van der Waals surface area contributed by atoms with Gasteiger partial charge in [0, 0.05) is 17.9 Å². The Bertz CT molecular complexity index is 294. The van der Waals surface area contributed by atoms with E-state index >= 15 is 0 Å². The lowest BCUT2D eigenvalue weighted by Crippen LogP contribution is -2.21. The van der Waals surface area contributed by atoms with Crippen molar-refractivity contribution in [3.8, 4) is 0 Å². The van der Waals surface area contributed by atoms with Crippen LogP contribution in [0.25, 0.3) is 0 Å². The quantitative estimate of drug-likeness (QED) is 0.722. The van der Waals surface area contributed by atoms with Gasteiger partial charge in [-0.25, -0.2) is 0 Å². The molecule has 2 nitrogen and oxygen atoms in total. The normalized spacial score (nSPS) is 12.4. The molecule has 1 aromatic rings. The van der Waals surface area contributed by atoms with E-state index in [9.17, 15) is 0 Å². The van der Waals surface area contributed by atoms with E-state index in [1.807, 2.05) is 25.3 Å². The SMILES string of the molecule is C=CCC(NCC)c1cccnc1C. The molecule has 14 heavy (non-hydrogen) atoms. The monoisotopic (exact) mass is 190 g/mol. The third-order valence-electron chi connectivity index (χ3n) is 2.28. The summed E-state index contributed by atoms with van der Waals surface area (Å²) in [5.41, 5.74) is 2.37. The Hall–Kier alpha value is -1.15. The summed E-state index contributed by atoms with van der Waals surface area (Å²) in [6.45, 7) is 8.90. The van der Waals surface area contributed by atoms with Gasteiger partial charge in [-0.1, -0.05) is 19.1 Å². The van der Waals surface area contributed by atoms with Gasteiger partial charge in [-0.2, -0.15) is 0 Å². The molecule has 0 radical (unpaired) electrons. The van der Waals surface area contributed by atoms with E-state index in [4.69, 9.17) is 0 Å². The van der Waals surface area contributed by atoms with E-state index in [-0.39, 0.29) is 0 Å². The second-order valence-electron chi connectivity index (χ2n) is 3.31. The average Bonchev–Trinajstić information content (AvgIpc) is 2.18. The summed E-state index contributed by atoms with van der Waals surface area (Å²) in [4.78, 5) is 4.29. The molecule has 0 aliphatic carbocycles. The van der Waals surface area contributed by atoms with Gasteiger partial charge in [0.05, 0.1) is 0 Å². The molecule has 0 aromatic carbocycles. The van der Waals surface area contributed by atoms with Crippen molar-refractivity contribution < 1.29 is 0 Å². The fourth-order valence-corrected chi connectivity index (χ4v) is 1.60. The molecule has 1 rings (SSSR count). The summed E-state index contributed by atoms with van der Waals surface area (Å²) in [6.07, 6.45) is 4.72. The lowest BCUT2D eigenvalue weighted by molar-refractivity contribution is 0.554. The molecule has 0 aliphatic rings. The Morgan fingerprint density at radius 2 is 2.43 bits per heavy atom. The number of hydrogen-bond acceptors (Lipinski definition) is 2. The molecule has 0 amide bonds. The maximum Gasteiger partial charge on any atom is 0.0420 e. The van der Waals surface area contributed by atoms with Crippen LogP contribution in [-0.4, -0.2) is 11.5 Å². The van der Waals surface area contributed by atoms with Crippen LogP contribution in [0.4, 0.5) is 0 Å². The zero-order valence-electron chi connectivity index (χ0n) is 8.96. The maximum atomic E-state index is 4.29. The molecule has 0 spiro atoms. The maximum absolute atomic E-state index is 4.29. The van der Waals surface area contributed by atoms with Crippen molar-refractivity contribution in [3.63, 3.8) is 0 Å². The van der Waals surface area contributed by atoms with Crippen molar-refractivity contribution in [1.29, 1.82) is 0 Å². The van der Waals surface area contributed by atoms with E-state index in [1.165, 1.54) is 5.56 Å². The molecule has 1 N–H and O–H groups in total. The second-order valence-corrected chi connectivity index (χ2v) is 3.31. The van der Waals surface area contributed by atoms with Gasteiger partial charge in [0.15, 0.2) is 0 Å². The fraction of sp³-hybridized carbons (Fsp3) is 0.417. The van der Waals surface area contributed by atoms with E-state index in [0.29, 0.717) is 6.04 Å². The molecule has 0 saturated carbocycles. The largest absolute Gasteiger partial charge is 0.310 e. The molecule has 0 bridgehead atoms. The molecule has 2 heteroatoms. The standard InChI is InChI=1S/C12H18N2/c1-4-7-12(13-5-2)11-8-6-9-14-10(11)3/h4,6,8-9,12-13H,1,5,7H2,2-3H3. The van der Waals surface area contributed by atoms with Crippen LogP contribution >= 0.6 is 0 Å². The van der Waals surface area contributed by atoms with Gasteiger partial charge in [-0.15, -0.1) is 6.58 Å². The Morgan fingerprint density at radius 3 is 3.00 bits per heavy atom. The number of aromatic nitrogens is 1. The van der Waals surface area contributed by atoms with Crippen molar-refractivity contribution in [2.75, 3.05) is 6.54 Å². The Morgan fingerprint density at radius 1 is 1.64 bits per heavy atom. The number of rotatable bonds is 5. The van der Waals surface area contributed by atoms with Crippen LogP contribution in [0.1, 0.15) is 30.6 Å². The molecular weight excluding hydrogens is 172 g/mol. The minimum atomic E-state index is 0.353. The second kappa shape index (κ2) is 5.55. The number of nitrogens with zero attached hydrogens (tertiary/aromatic N) is 1. The summed E-state index contributed by atoms with van der Waals surface area (Å²) in [5, 5.41) is 3.43. The van der Waals surface area contributed by atoms with Crippen LogP contribution in [0.5, 0.6) is 0 Å². The van der Waals surface area contributed by atoms with E-state index in [0.717, 1.165) is 18.7 Å². The van der Waals surface area contributed by atoms with Crippen LogP contribution in [0, 0.1) is 6.92 Å². The first kappa shape index (κ1) is 10.9. The lowest BCUT2D eigenvalue weighted by Gasteiger charge is -2.17. The van der Waals surface area contributed by atoms with E-state index in [1.54, 1.807) is 0 Å². The first-order chi connectivity index (χ1) is 6.79. The molecular formula is C12H18N2. The third-order valence-corrected chi connectivity index (χ3v) is 2.28. The van der Waals surface area contributed by atoms with Gasteiger partial charge >= 0.3 is 0 Å². The number of pyridine rings is 1. The van der Waals surface area contributed by atoms with Crippen molar-refractivity contribution in [3.05, 3.63) is 42.2 Å². The minimum absolute atomic E-state index is 0.353. The predicted molar refractivity (Wildman–Crippen MR) is 60.2 cm³/mol. The van der Waals surface area contributed by atoms with Crippen molar-refractivity contribution in [2.24, 2.45) is 0 Å². The fourth-order valence-electron chi connectivity index (χ4n) is 1.60. The van der Waals surface area contributed by atoms with Crippen LogP contribution in [0.3, 0.4) is 0 Å². The number of hydrogen-bond donors (Lipinski definition) is 1. The van der Waals surface area contributed by atoms with Crippen LogP contribution in [0.15, 0.2) is 31.0 Å². The topological polar surface area (TPSA) is 24.9 Å². The zero-order chi connectivity index (χ0) is 10.4. The Kier molecular flexibility index (Phi) is 4.33. The predicted octanol–water partition coefficient (Wildman–Crippen LogP) is 2.62. The molecule has 0 aliphatic heterocycles. The number of aryl methyl sites for hydroxylation is 1. The molecule has 1 unspecified atom stereocenters. The first-order valence-electron chi connectivity index (χ1n) is 5.05. The Labute approximate surface area is 86.1 Å². The average molecular weight is 190 g/mol. The first-order valence-corrected chi connectivity index (χ1v) is 5.05. The highest BCUT2D eigenvalue weighted by molar-refractivity contribution is 5.23. The van der Waals surface area contributed by atoms with Crippen molar-refractivity contribution in [2.45, 2.75) is 26.3 Å². The van der Waals surface area contributed by atoms with Gasteiger partial charge in [0.25, 0.3) is 0 Å². The molecule has 1 atom stereocenters. The molecule has 1 aromatic heterocycles. The third kappa shape index (κ3) is 2.67. The van der Waals surface area contributed by atoms with E-state index < -0.39 is 0 Å². The molecule has 0 fully saturated rings. The van der Waals surface area contributed by atoms with Crippen molar-refractivity contribution in [1.82, 2.24) is 10.3 Å².